The molecule has 3 heterocycles. The fraction of sp³-hybridized carbons (Fsp3) is 0.333. The number of carboxylic acid groups (broad SMARTS) is 1. The third-order valence-corrected chi connectivity index (χ3v) is 6.68. The van der Waals surface area contributed by atoms with Gasteiger partial charge in [-0.2, -0.15) is 26.3 Å². The summed E-state index contributed by atoms with van der Waals surface area (Å²) >= 11 is 0. The Bertz CT molecular complexity index is 1440. The van der Waals surface area contributed by atoms with E-state index in [4.69, 9.17) is 9.90 Å². The van der Waals surface area contributed by atoms with Crippen molar-refractivity contribution in [3.05, 3.63) is 65.5 Å². The fourth-order valence-corrected chi connectivity index (χ4v) is 4.62. The Balaban J connectivity index is 0.000000493. The van der Waals surface area contributed by atoms with Gasteiger partial charge in [0.2, 0.25) is 0 Å². The molecule has 1 aliphatic carbocycles. The standard InChI is InChI=1S/C25H23F3N4O2.C2HF3O2/c26-25(27,28)22-13-21-18(24(34)32-22)12-20(31-21)15-8-9-29-19(11-15)14-4-3-5-16(10-14)23(33)30-17-6-1-2-7-17;3-2(4,5)1(6)7/h3-5,8-12,17,22,31H,1-2,6-7,13H2,(H,30,33)(H,32,34);(H,6,7). The van der Waals surface area contributed by atoms with E-state index in [1.165, 1.54) is 0 Å². The number of aromatic amines is 1. The van der Waals surface area contributed by atoms with Crippen LogP contribution in [0.1, 0.15) is 52.1 Å². The number of carbonyl (C=O) groups is 3. The second kappa shape index (κ2) is 11.6. The molecule has 1 fully saturated rings. The van der Waals surface area contributed by atoms with E-state index in [0.717, 1.165) is 31.2 Å². The number of rotatable bonds is 4. The summed E-state index contributed by atoms with van der Waals surface area (Å²) in [6, 6.07) is 10.5. The van der Waals surface area contributed by atoms with Crippen molar-refractivity contribution in [1.82, 2.24) is 20.6 Å². The van der Waals surface area contributed by atoms with Gasteiger partial charge >= 0.3 is 18.3 Å². The quantitative estimate of drug-likeness (QED) is 0.312. The van der Waals surface area contributed by atoms with Gasteiger partial charge in [-0.1, -0.05) is 25.0 Å². The minimum atomic E-state index is -5.08. The van der Waals surface area contributed by atoms with Crippen molar-refractivity contribution >= 4 is 17.8 Å². The zero-order valence-corrected chi connectivity index (χ0v) is 21.2. The van der Waals surface area contributed by atoms with Gasteiger partial charge in [-0.3, -0.25) is 14.6 Å². The molecule has 5 rings (SSSR count). The lowest BCUT2D eigenvalue weighted by Crippen LogP contribution is -2.49. The molecule has 0 spiro atoms. The largest absolute Gasteiger partial charge is 0.490 e. The molecule has 41 heavy (non-hydrogen) atoms. The van der Waals surface area contributed by atoms with Crippen LogP contribution in [0.25, 0.3) is 22.5 Å². The predicted octanol–water partition coefficient (Wildman–Crippen LogP) is 5.27. The number of aromatic nitrogens is 2. The molecule has 0 radical (unpaired) electrons. The molecule has 0 saturated heterocycles. The molecule has 1 aliphatic heterocycles. The monoisotopic (exact) mass is 582 g/mol. The molecular weight excluding hydrogens is 558 g/mol. The normalized spacial score (nSPS) is 17.2. The number of nitrogens with one attached hydrogen (secondary N) is 3. The van der Waals surface area contributed by atoms with Gasteiger partial charge < -0.3 is 20.7 Å². The molecule has 1 unspecified atom stereocenters. The van der Waals surface area contributed by atoms with Crippen LogP contribution in [0.3, 0.4) is 0 Å². The Morgan fingerprint density at radius 2 is 1.66 bits per heavy atom. The third-order valence-electron chi connectivity index (χ3n) is 6.68. The molecule has 1 atom stereocenters. The second-order valence-corrected chi connectivity index (χ2v) is 9.62. The molecule has 0 bridgehead atoms. The number of pyridine rings is 1. The van der Waals surface area contributed by atoms with E-state index in [2.05, 4.69) is 15.3 Å². The van der Waals surface area contributed by atoms with Crippen molar-refractivity contribution in [3.63, 3.8) is 0 Å². The van der Waals surface area contributed by atoms with E-state index >= 15 is 0 Å². The molecule has 2 aromatic heterocycles. The highest BCUT2D eigenvalue weighted by Gasteiger charge is 2.44. The number of nitrogens with zero attached hydrogens (tertiary/aromatic N) is 1. The number of hydrogen-bond donors (Lipinski definition) is 4. The molecular formula is C27H24F6N4O4. The Hall–Kier alpha value is -4.36. The zero-order chi connectivity index (χ0) is 29.9. The number of hydrogen-bond acceptors (Lipinski definition) is 4. The third kappa shape index (κ3) is 7.24. The summed E-state index contributed by atoms with van der Waals surface area (Å²) in [5, 5.41) is 12.2. The van der Waals surface area contributed by atoms with Crippen LogP contribution in [0.2, 0.25) is 0 Å². The summed E-state index contributed by atoms with van der Waals surface area (Å²) in [4.78, 5) is 41.2. The molecule has 2 aliphatic rings. The van der Waals surface area contributed by atoms with Gasteiger partial charge in [-0.25, -0.2) is 4.79 Å². The highest BCUT2D eigenvalue weighted by atomic mass is 19.4. The van der Waals surface area contributed by atoms with Gasteiger partial charge in [-0.15, -0.1) is 0 Å². The summed E-state index contributed by atoms with van der Waals surface area (Å²) in [5.74, 6) is -3.62. The van der Waals surface area contributed by atoms with Gasteiger partial charge in [0.1, 0.15) is 6.04 Å². The van der Waals surface area contributed by atoms with Crippen LogP contribution < -0.4 is 10.6 Å². The topological polar surface area (TPSA) is 124 Å². The number of carboxylic acids is 1. The van der Waals surface area contributed by atoms with E-state index in [1.807, 2.05) is 11.4 Å². The molecule has 3 aromatic rings. The van der Waals surface area contributed by atoms with Crippen molar-refractivity contribution in [1.29, 1.82) is 0 Å². The van der Waals surface area contributed by atoms with Crippen LogP contribution in [0, 0.1) is 0 Å². The van der Waals surface area contributed by atoms with Crippen LogP contribution in [-0.2, 0) is 11.2 Å². The Morgan fingerprint density at radius 3 is 2.29 bits per heavy atom. The van der Waals surface area contributed by atoms with Gasteiger partial charge in [0.25, 0.3) is 11.8 Å². The molecule has 4 N–H and O–H groups in total. The minimum Gasteiger partial charge on any atom is -0.475 e. The van der Waals surface area contributed by atoms with Crippen molar-refractivity contribution in [2.45, 2.75) is 56.5 Å². The first kappa shape index (κ1) is 29.6. The zero-order valence-electron chi connectivity index (χ0n) is 21.2. The Morgan fingerprint density at radius 1 is 0.976 bits per heavy atom. The number of aliphatic carboxylic acids is 1. The van der Waals surface area contributed by atoms with Crippen LogP contribution in [0.15, 0.2) is 48.7 Å². The molecule has 218 valence electrons. The fourth-order valence-electron chi connectivity index (χ4n) is 4.62. The number of benzene rings is 1. The maximum atomic E-state index is 13.1. The number of fused-ring (bicyclic) bond motifs is 1. The molecule has 8 nitrogen and oxygen atoms in total. The molecule has 1 saturated carbocycles. The van der Waals surface area contributed by atoms with E-state index in [9.17, 15) is 35.9 Å². The van der Waals surface area contributed by atoms with Crippen molar-refractivity contribution < 1.29 is 45.8 Å². The highest BCUT2D eigenvalue weighted by Crippen LogP contribution is 2.32. The first-order valence-electron chi connectivity index (χ1n) is 12.5. The van der Waals surface area contributed by atoms with Crippen molar-refractivity contribution in [2.24, 2.45) is 0 Å². The molecule has 2 amide bonds. The number of carbonyl (C=O) groups excluding carboxylic acids is 2. The Labute approximate surface area is 229 Å². The second-order valence-electron chi connectivity index (χ2n) is 9.62. The SMILES string of the molecule is O=C(NC1CCCC1)c1cccc(-c2cc(-c3cc4c([nH]3)CC(C(F)(F)F)NC4=O)ccn2)c1.O=C(O)C(F)(F)F. The number of H-pyrrole nitrogens is 1. The first-order chi connectivity index (χ1) is 19.2. The lowest BCUT2D eigenvalue weighted by atomic mass is 10.0. The smallest absolute Gasteiger partial charge is 0.475 e. The first-order valence-corrected chi connectivity index (χ1v) is 12.5. The summed E-state index contributed by atoms with van der Waals surface area (Å²) in [6.45, 7) is 0. The maximum Gasteiger partial charge on any atom is 0.490 e. The Kier molecular flexibility index (Phi) is 8.40. The number of halogens is 6. The number of alkyl halides is 6. The molecule has 14 heteroatoms. The van der Waals surface area contributed by atoms with Crippen LogP contribution >= 0.6 is 0 Å². The predicted molar refractivity (Wildman–Crippen MR) is 134 cm³/mol. The summed E-state index contributed by atoms with van der Waals surface area (Å²) in [7, 11) is 0. The summed E-state index contributed by atoms with van der Waals surface area (Å²) in [5.41, 5.74) is 3.56. The summed E-state index contributed by atoms with van der Waals surface area (Å²) < 4.78 is 71.1. The van der Waals surface area contributed by atoms with Crippen LogP contribution in [0.5, 0.6) is 0 Å². The minimum absolute atomic E-state index is 0.118. The van der Waals surface area contributed by atoms with E-state index in [-0.39, 0.29) is 29.6 Å². The van der Waals surface area contributed by atoms with E-state index in [0.29, 0.717) is 22.5 Å². The van der Waals surface area contributed by atoms with Crippen LogP contribution in [0.4, 0.5) is 26.3 Å². The highest BCUT2D eigenvalue weighted by molar-refractivity contribution is 5.98. The van der Waals surface area contributed by atoms with Gasteiger partial charge in [0.05, 0.1) is 11.3 Å². The maximum absolute atomic E-state index is 13.1. The van der Waals surface area contributed by atoms with E-state index in [1.54, 1.807) is 42.6 Å². The van der Waals surface area contributed by atoms with Crippen molar-refractivity contribution in [3.8, 4) is 22.5 Å². The lowest BCUT2D eigenvalue weighted by molar-refractivity contribution is -0.192. The number of amides is 2. The van der Waals surface area contributed by atoms with Gasteiger partial charge in [-0.05, 0) is 43.2 Å². The molecule has 1 aromatic carbocycles. The van der Waals surface area contributed by atoms with Gasteiger partial charge in [0, 0.05) is 46.7 Å². The van der Waals surface area contributed by atoms with Crippen LogP contribution in [-0.4, -0.2) is 57.3 Å². The summed E-state index contributed by atoms with van der Waals surface area (Å²) in [6.07, 6.45) is -4.11. The average molecular weight is 583 g/mol. The average Bonchev–Trinajstić information content (AvgIpc) is 3.58. The lowest BCUT2D eigenvalue weighted by Gasteiger charge is -2.25. The van der Waals surface area contributed by atoms with Crippen molar-refractivity contribution in [2.75, 3.05) is 0 Å². The van der Waals surface area contributed by atoms with Gasteiger partial charge in [0.15, 0.2) is 0 Å². The van der Waals surface area contributed by atoms with E-state index < -0.39 is 30.3 Å².